The van der Waals surface area contributed by atoms with Crippen molar-refractivity contribution in [3.63, 3.8) is 0 Å². The summed E-state index contributed by atoms with van der Waals surface area (Å²) >= 11 is 0. The quantitative estimate of drug-likeness (QED) is 0.710. The molecule has 2 heteroatoms. The molecule has 0 aromatic heterocycles. The molecule has 7 heavy (non-hydrogen) atoms. The van der Waals surface area contributed by atoms with Gasteiger partial charge in [-0.05, 0) is 0 Å². The Balaban J connectivity index is -0.0000000150. The fraction of sp³-hybridized carbons (Fsp3) is 0.200. The Bertz CT molecular complexity index is 22.0. The molecule has 0 unspecified atom stereocenters. The summed E-state index contributed by atoms with van der Waals surface area (Å²) in [4.78, 5) is 0. The van der Waals surface area contributed by atoms with Crippen LogP contribution in [0.5, 0.6) is 0 Å². The van der Waals surface area contributed by atoms with Gasteiger partial charge in [0, 0.05) is 0 Å². The third kappa shape index (κ3) is 49.7. The van der Waals surface area contributed by atoms with Crippen molar-refractivity contribution in [1.29, 1.82) is 0 Å². The molecule has 0 heterocycles. The summed E-state index contributed by atoms with van der Waals surface area (Å²) in [5.74, 6) is 0. The summed E-state index contributed by atoms with van der Waals surface area (Å²) in [6.07, 6.45) is 2.24. The van der Waals surface area contributed by atoms with E-state index < -0.39 is 0 Å². The van der Waals surface area contributed by atoms with E-state index >= 15 is 0 Å². The molecule has 0 spiro atoms. The van der Waals surface area contributed by atoms with Crippen molar-refractivity contribution < 1.29 is 36.2 Å². The fourth-order valence-electron chi connectivity index (χ4n) is 0. The zero-order chi connectivity index (χ0) is 3.41. The fourth-order valence-corrected chi connectivity index (χ4v) is 0. The Morgan fingerprint density at radius 1 is 1.43 bits per heavy atom. The molecule has 41 valence electrons. The maximum atomic E-state index is 7.70. The number of aliphatic hydroxyl groups is 1. The van der Waals surface area contributed by atoms with Crippen molar-refractivity contribution >= 4 is 0 Å². The second-order valence-electron chi connectivity index (χ2n) is 0.408. The van der Waals surface area contributed by atoms with E-state index in [2.05, 4.69) is 12.7 Å². The van der Waals surface area contributed by atoms with Crippen molar-refractivity contribution in [3.8, 4) is 0 Å². The van der Waals surface area contributed by atoms with Crippen molar-refractivity contribution in [2.24, 2.45) is 0 Å². The standard InChI is InChI=1S/C3H5O.2CH3.U/c1-2-3-4;;;/h4H,1,3H2;2*1H3;/q3*-1;+3. The van der Waals surface area contributed by atoms with Crippen LogP contribution in [0.15, 0.2) is 6.58 Å². The minimum atomic E-state index is -0.0417. The van der Waals surface area contributed by atoms with Gasteiger partial charge in [-0.1, -0.05) is 6.61 Å². The maximum absolute atomic E-state index is 7.70. The molecule has 0 fully saturated rings. The van der Waals surface area contributed by atoms with Gasteiger partial charge in [0.1, 0.15) is 0 Å². The molecule has 1 nitrogen and oxygen atoms in total. The Hall–Kier alpha value is 0.752. The van der Waals surface area contributed by atoms with E-state index in [9.17, 15) is 0 Å². The summed E-state index contributed by atoms with van der Waals surface area (Å²) in [5, 5.41) is 7.70. The van der Waals surface area contributed by atoms with Crippen LogP contribution in [0.25, 0.3) is 0 Å². The van der Waals surface area contributed by atoms with Crippen LogP contribution in [0, 0.1) is 52.0 Å². The molecular formula is C5H11OU. The molecule has 0 bridgehead atoms. The Kier molecular flexibility index (Phi) is 106. The van der Waals surface area contributed by atoms with Gasteiger partial charge in [-0.15, -0.1) is 0 Å². The summed E-state index contributed by atoms with van der Waals surface area (Å²) < 4.78 is 0. The van der Waals surface area contributed by atoms with Gasteiger partial charge < -0.3 is 26.0 Å². The van der Waals surface area contributed by atoms with Crippen LogP contribution in [0.3, 0.4) is 0 Å². The second-order valence-corrected chi connectivity index (χ2v) is 0.408. The van der Waals surface area contributed by atoms with Gasteiger partial charge in [0.2, 0.25) is 0 Å². The molecule has 0 amide bonds. The van der Waals surface area contributed by atoms with E-state index in [1.807, 2.05) is 0 Å². The van der Waals surface area contributed by atoms with Gasteiger partial charge in [-0.25, -0.2) is 0 Å². The topological polar surface area (TPSA) is 20.2 Å². The molecule has 0 atom stereocenters. The zero-order valence-corrected chi connectivity index (χ0v) is 9.03. The van der Waals surface area contributed by atoms with Gasteiger partial charge >= 0.3 is 31.1 Å². The molecule has 1 radical (unpaired) electrons. The average molecular weight is 325 g/mol. The third-order valence-electron chi connectivity index (χ3n) is 0.112. The smallest absolute Gasteiger partial charge is 0.478 e. The Labute approximate surface area is 70.2 Å². The molecule has 0 saturated carbocycles. The minimum absolute atomic E-state index is 0. The SMILES string of the molecule is C=[C-]CO.[CH3-].[CH3-].[U+3]. The molecular weight excluding hydrogens is 314 g/mol. The molecule has 0 saturated heterocycles. The summed E-state index contributed by atoms with van der Waals surface area (Å²) in [5.41, 5.74) is 0. The van der Waals surface area contributed by atoms with E-state index in [1.165, 1.54) is 0 Å². The maximum Gasteiger partial charge on any atom is 3.00 e. The average Bonchev–Trinajstić information content (AvgIpc) is 1.37. The molecule has 0 aromatic carbocycles. The summed E-state index contributed by atoms with van der Waals surface area (Å²) in [6, 6.07) is 0. The first-order chi connectivity index (χ1) is 1.91. The van der Waals surface area contributed by atoms with Crippen molar-refractivity contribution in [1.82, 2.24) is 0 Å². The summed E-state index contributed by atoms with van der Waals surface area (Å²) in [7, 11) is 0. The predicted molar refractivity (Wildman–Crippen MR) is 28.8 cm³/mol. The van der Waals surface area contributed by atoms with Gasteiger partial charge in [0.05, 0.1) is 0 Å². The second kappa shape index (κ2) is 29.5. The Morgan fingerprint density at radius 3 is 1.57 bits per heavy atom. The van der Waals surface area contributed by atoms with E-state index in [0.29, 0.717) is 0 Å². The number of hydrogen-bond acceptors (Lipinski definition) is 1. The predicted octanol–water partition coefficient (Wildman–Crippen LogP) is 0.868. The monoisotopic (exact) mass is 325 g/mol. The number of rotatable bonds is 1. The van der Waals surface area contributed by atoms with E-state index in [4.69, 9.17) is 5.11 Å². The van der Waals surface area contributed by atoms with Crippen LogP contribution in [-0.4, -0.2) is 11.7 Å². The van der Waals surface area contributed by atoms with Crippen LogP contribution in [0.2, 0.25) is 0 Å². The van der Waals surface area contributed by atoms with Crippen LogP contribution < -0.4 is 0 Å². The van der Waals surface area contributed by atoms with Crippen molar-refractivity contribution in [2.75, 3.05) is 6.61 Å². The molecule has 0 aliphatic carbocycles. The van der Waals surface area contributed by atoms with Crippen LogP contribution in [0.1, 0.15) is 0 Å². The van der Waals surface area contributed by atoms with Crippen LogP contribution >= 0.6 is 0 Å². The summed E-state index contributed by atoms with van der Waals surface area (Å²) in [6.45, 7) is 3.06. The first kappa shape index (κ1) is 25.1. The van der Waals surface area contributed by atoms with E-state index in [-0.39, 0.29) is 52.6 Å². The molecule has 0 aliphatic rings. The first-order valence-electron chi connectivity index (χ1n) is 1.02. The molecule has 0 aromatic rings. The van der Waals surface area contributed by atoms with Crippen molar-refractivity contribution in [3.05, 3.63) is 27.5 Å². The normalized spacial score (nSPS) is 3.57. The van der Waals surface area contributed by atoms with Crippen LogP contribution in [0.4, 0.5) is 0 Å². The van der Waals surface area contributed by atoms with E-state index in [0.717, 1.165) is 0 Å². The molecule has 1 N–H and O–H groups in total. The number of hydrogen-bond donors (Lipinski definition) is 1. The first-order valence-corrected chi connectivity index (χ1v) is 1.02. The molecule has 0 rings (SSSR count). The van der Waals surface area contributed by atoms with Gasteiger partial charge in [0.25, 0.3) is 0 Å². The van der Waals surface area contributed by atoms with Crippen LogP contribution in [-0.2, 0) is 0 Å². The van der Waals surface area contributed by atoms with E-state index in [1.54, 1.807) is 0 Å². The minimum Gasteiger partial charge on any atom is -0.478 e. The Morgan fingerprint density at radius 2 is 1.57 bits per heavy atom. The third-order valence-corrected chi connectivity index (χ3v) is 0.112. The largest absolute Gasteiger partial charge is 3.00 e. The molecule has 0 aliphatic heterocycles. The van der Waals surface area contributed by atoms with Gasteiger partial charge in [0.15, 0.2) is 0 Å². The van der Waals surface area contributed by atoms with Gasteiger partial charge in [-0.3, -0.25) is 6.58 Å². The number of aliphatic hydroxyl groups excluding tert-OH is 1. The zero-order valence-electron chi connectivity index (χ0n) is 4.86. The van der Waals surface area contributed by atoms with Crippen molar-refractivity contribution in [2.45, 2.75) is 0 Å². The van der Waals surface area contributed by atoms with Gasteiger partial charge in [-0.2, -0.15) is 0 Å².